The molecule has 0 bridgehead atoms. The lowest BCUT2D eigenvalue weighted by Gasteiger charge is -2.09. The Bertz CT molecular complexity index is 368. The molecule has 1 unspecified atom stereocenters. The Morgan fingerprint density at radius 2 is 2.27 bits per heavy atom. The maximum atomic E-state index is 12.9. The monoisotopic (exact) mass is 273 g/mol. The second kappa shape index (κ2) is 5.37. The molecule has 4 heteroatoms. The maximum Gasteiger partial charge on any atom is 0.153 e. The SMILES string of the molecule is CNC(C)C(=O)Cc1cc(F)ccc1Br. The Balaban J connectivity index is 2.80. The van der Waals surface area contributed by atoms with E-state index in [9.17, 15) is 9.18 Å². The summed E-state index contributed by atoms with van der Waals surface area (Å²) in [5.41, 5.74) is 0.683. The number of hydrogen-bond acceptors (Lipinski definition) is 2. The molecule has 1 aromatic carbocycles. The van der Waals surface area contributed by atoms with Gasteiger partial charge in [-0.25, -0.2) is 4.39 Å². The first kappa shape index (κ1) is 12.3. The third kappa shape index (κ3) is 3.39. The van der Waals surface area contributed by atoms with Crippen LogP contribution in [0.3, 0.4) is 0 Å². The molecule has 0 aromatic heterocycles. The Kier molecular flexibility index (Phi) is 4.42. The fraction of sp³-hybridized carbons (Fsp3) is 0.364. The van der Waals surface area contributed by atoms with E-state index in [0.717, 1.165) is 4.47 Å². The molecule has 0 amide bonds. The highest BCUT2D eigenvalue weighted by Gasteiger charge is 2.13. The Morgan fingerprint density at radius 1 is 1.60 bits per heavy atom. The maximum absolute atomic E-state index is 12.9. The number of likely N-dealkylation sites (N-methyl/N-ethyl adjacent to an activating group) is 1. The van der Waals surface area contributed by atoms with Crippen LogP contribution in [0.2, 0.25) is 0 Å². The standard InChI is InChI=1S/C11H13BrFNO/c1-7(14-2)11(15)6-8-5-9(13)3-4-10(8)12/h3-5,7,14H,6H2,1-2H3. The number of nitrogens with one attached hydrogen (secondary N) is 1. The summed E-state index contributed by atoms with van der Waals surface area (Å²) >= 11 is 3.29. The smallest absolute Gasteiger partial charge is 0.153 e. The van der Waals surface area contributed by atoms with Gasteiger partial charge in [-0.05, 0) is 37.7 Å². The van der Waals surface area contributed by atoms with Crippen LogP contribution in [0, 0.1) is 5.82 Å². The van der Waals surface area contributed by atoms with Crippen LogP contribution in [-0.2, 0) is 11.2 Å². The van der Waals surface area contributed by atoms with Crippen LogP contribution in [0.15, 0.2) is 22.7 Å². The van der Waals surface area contributed by atoms with Gasteiger partial charge in [-0.2, -0.15) is 0 Å². The fourth-order valence-electron chi connectivity index (χ4n) is 1.18. The predicted molar refractivity (Wildman–Crippen MR) is 61.3 cm³/mol. The number of carbonyl (C=O) groups is 1. The summed E-state index contributed by atoms with van der Waals surface area (Å²) in [6.07, 6.45) is 0.236. The summed E-state index contributed by atoms with van der Waals surface area (Å²) < 4.78 is 13.7. The van der Waals surface area contributed by atoms with Crippen molar-refractivity contribution in [2.24, 2.45) is 0 Å². The molecule has 1 atom stereocenters. The van der Waals surface area contributed by atoms with Crippen molar-refractivity contribution in [1.29, 1.82) is 0 Å². The molecule has 15 heavy (non-hydrogen) atoms. The number of hydrogen-bond donors (Lipinski definition) is 1. The number of halogens is 2. The lowest BCUT2D eigenvalue weighted by molar-refractivity contribution is -0.119. The summed E-state index contributed by atoms with van der Waals surface area (Å²) in [7, 11) is 1.73. The molecule has 1 aromatic rings. The van der Waals surface area contributed by atoms with Crippen molar-refractivity contribution in [3.63, 3.8) is 0 Å². The highest BCUT2D eigenvalue weighted by Crippen LogP contribution is 2.18. The van der Waals surface area contributed by atoms with E-state index in [0.29, 0.717) is 5.56 Å². The largest absolute Gasteiger partial charge is 0.311 e. The zero-order valence-electron chi connectivity index (χ0n) is 8.68. The molecule has 0 radical (unpaired) electrons. The molecule has 0 spiro atoms. The van der Waals surface area contributed by atoms with E-state index < -0.39 is 0 Å². The molecule has 0 saturated heterocycles. The molecule has 1 rings (SSSR count). The Morgan fingerprint density at radius 3 is 2.87 bits per heavy atom. The zero-order valence-corrected chi connectivity index (χ0v) is 10.3. The van der Waals surface area contributed by atoms with E-state index in [1.165, 1.54) is 12.1 Å². The molecule has 0 aliphatic heterocycles. The summed E-state index contributed by atoms with van der Waals surface area (Å²) in [5, 5.41) is 2.86. The van der Waals surface area contributed by atoms with Crippen molar-refractivity contribution in [2.45, 2.75) is 19.4 Å². The van der Waals surface area contributed by atoms with Gasteiger partial charge in [0.1, 0.15) is 5.82 Å². The first-order valence-corrected chi connectivity index (χ1v) is 5.47. The second-order valence-corrected chi connectivity index (χ2v) is 4.24. The average Bonchev–Trinajstić information content (AvgIpc) is 2.22. The van der Waals surface area contributed by atoms with Crippen LogP contribution in [-0.4, -0.2) is 18.9 Å². The van der Waals surface area contributed by atoms with Gasteiger partial charge >= 0.3 is 0 Å². The molecule has 1 N–H and O–H groups in total. The number of ketones is 1. The van der Waals surface area contributed by atoms with Gasteiger partial charge in [0.15, 0.2) is 5.78 Å². The lowest BCUT2D eigenvalue weighted by atomic mass is 10.0. The molecule has 82 valence electrons. The second-order valence-electron chi connectivity index (χ2n) is 3.39. The average molecular weight is 274 g/mol. The first-order chi connectivity index (χ1) is 7.04. The summed E-state index contributed by atoms with van der Waals surface area (Å²) in [6.45, 7) is 1.79. The number of benzene rings is 1. The minimum Gasteiger partial charge on any atom is -0.311 e. The van der Waals surface area contributed by atoms with Gasteiger partial charge in [0, 0.05) is 10.9 Å². The minimum atomic E-state index is -0.321. The fourth-order valence-corrected chi connectivity index (χ4v) is 1.57. The normalized spacial score (nSPS) is 12.5. The van der Waals surface area contributed by atoms with Crippen molar-refractivity contribution in [3.05, 3.63) is 34.1 Å². The molecule has 0 fully saturated rings. The summed E-state index contributed by atoms with van der Waals surface area (Å²) in [5.74, 6) is -0.276. The van der Waals surface area contributed by atoms with Crippen molar-refractivity contribution in [1.82, 2.24) is 5.32 Å². The predicted octanol–water partition coefficient (Wildman–Crippen LogP) is 2.31. The van der Waals surface area contributed by atoms with E-state index in [1.54, 1.807) is 20.0 Å². The van der Waals surface area contributed by atoms with Crippen molar-refractivity contribution in [2.75, 3.05) is 7.05 Å². The van der Waals surface area contributed by atoms with E-state index in [2.05, 4.69) is 21.2 Å². The highest BCUT2D eigenvalue weighted by atomic mass is 79.9. The van der Waals surface area contributed by atoms with Crippen LogP contribution in [0.4, 0.5) is 4.39 Å². The van der Waals surface area contributed by atoms with Crippen molar-refractivity contribution >= 4 is 21.7 Å². The number of Topliss-reactive ketones (excluding diaryl/α,β-unsaturated/α-hetero) is 1. The van der Waals surface area contributed by atoms with Gasteiger partial charge in [-0.15, -0.1) is 0 Å². The van der Waals surface area contributed by atoms with Crippen molar-refractivity contribution < 1.29 is 9.18 Å². The van der Waals surface area contributed by atoms with Gasteiger partial charge in [-0.3, -0.25) is 4.79 Å². The van der Waals surface area contributed by atoms with Crippen LogP contribution >= 0.6 is 15.9 Å². The van der Waals surface area contributed by atoms with Crippen LogP contribution in [0.25, 0.3) is 0 Å². The first-order valence-electron chi connectivity index (χ1n) is 4.68. The van der Waals surface area contributed by atoms with E-state index in [-0.39, 0.29) is 24.1 Å². The van der Waals surface area contributed by atoms with Crippen LogP contribution in [0.5, 0.6) is 0 Å². The van der Waals surface area contributed by atoms with Crippen LogP contribution < -0.4 is 5.32 Å². The topological polar surface area (TPSA) is 29.1 Å². The number of rotatable bonds is 4. The van der Waals surface area contributed by atoms with Crippen LogP contribution in [0.1, 0.15) is 12.5 Å². The van der Waals surface area contributed by atoms with Gasteiger partial charge in [0.25, 0.3) is 0 Å². The number of carbonyl (C=O) groups excluding carboxylic acids is 1. The molecule has 0 saturated carbocycles. The van der Waals surface area contributed by atoms with Gasteiger partial charge in [-0.1, -0.05) is 15.9 Å². The quantitative estimate of drug-likeness (QED) is 0.912. The highest BCUT2D eigenvalue weighted by molar-refractivity contribution is 9.10. The molecule has 0 aliphatic rings. The Hall–Kier alpha value is -0.740. The zero-order chi connectivity index (χ0) is 11.4. The van der Waals surface area contributed by atoms with Gasteiger partial charge in [0.05, 0.1) is 6.04 Å². The van der Waals surface area contributed by atoms with Gasteiger partial charge < -0.3 is 5.32 Å². The van der Waals surface area contributed by atoms with E-state index >= 15 is 0 Å². The summed E-state index contributed by atoms with van der Waals surface area (Å²) in [4.78, 5) is 11.6. The summed E-state index contributed by atoms with van der Waals surface area (Å²) in [6, 6.07) is 4.14. The molecular weight excluding hydrogens is 261 g/mol. The van der Waals surface area contributed by atoms with E-state index in [4.69, 9.17) is 0 Å². The van der Waals surface area contributed by atoms with Crippen molar-refractivity contribution in [3.8, 4) is 0 Å². The van der Waals surface area contributed by atoms with E-state index in [1.807, 2.05) is 0 Å². The molecule has 0 heterocycles. The third-order valence-electron chi connectivity index (χ3n) is 2.29. The minimum absolute atomic E-state index is 0.0452. The molecular formula is C11H13BrFNO. The third-order valence-corrected chi connectivity index (χ3v) is 3.06. The molecule has 0 aliphatic carbocycles. The van der Waals surface area contributed by atoms with Gasteiger partial charge in [0.2, 0.25) is 0 Å². The lowest BCUT2D eigenvalue weighted by Crippen LogP contribution is -2.31. The Labute approximate surface area is 97.0 Å². The molecule has 2 nitrogen and oxygen atoms in total.